The number of anilines is 3. The lowest BCUT2D eigenvalue weighted by Gasteiger charge is -2.09. The van der Waals surface area contributed by atoms with Crippen LogP contribution in [0.25, 0.3) is 0 Å². The van der Waals surface area contributed by atoms with Crippen molar-refractivity contribution in [1.82, 2.24) is 9.97 Å². The van der Waals surface area contributed by atoms with E-state index in [0.717, 1.165) is 6.26 Å². The molecule has 30 heavy (non-hydrogen) atoms. The third-order valence-electron chi connectivity index (χ3n) is 3.64. The normalized spacial score (nSPS) is 11.5. The smallest absolute Gasteiger partial charge is 0.264 e. The number of nitrogens with zero attached hydrogens (tertiary/aromatic N) is 2. The van der Waals surface area contributed by atoms with E-state index in [9.17, 15) is 21.6 Å². The molecule has 2 aromatic carbocycles. The van der Waals surface area contributed by atoms with E-state index >= 15 is 0 Å². The van der Waals surface area contributed by atoms with Gasteiger partial charge in [-0.15, -0.1) is 0 Å². The van der Waals surface area contributed by atoms with Crippen molar-refractivity contribution in [1.29, 1.82) is 0 Å². The summed E-state index contributed by atoms with van der Waals surface area (Å²) in [6.45, 7) is 0. The van der Waals surface area contributed by atoms with Gasteiger partial charge in [-0.1, -0.05) is 6.07 Å². The Morgan fingerprint density at radius 3 is 2.13 bits per heavy atom. The SMILES string of the molecule is CS(=O)(=O)Nc1cccc(C(=O)Nc2ccc(S(=O)(=O)Nc3ncccn3)cc2)c1. The molecule has 0 saturated carbocycles. The van der Waals surface area contributed by atoms with Gasteiger partial charge >= 0.3 is 0 Å². The van der Waals surface area contributed by atoms with Crippen LogP contribution in [0.3, 0.4) is 0 Å². The maximum atomic E-state index is 12.4. The highest BCUT2D eigenvalue weighted by Crippen LogP contribution is 2.18. The molecule has 156 valence electrons. The van der Waals surface area contributed by atoms with Gasteiger partial charge in [-0.2, -0.15) is 0 Å². The molecule has 0 atom stereocenters. The third kappa shape index (κ3) is 5.75. The zero-order valence-electron chi connectivity index (χ0n) is 15.6. The Bertz CT molecular complexity index is 1260. The van der Waals surface area contributed by atoms with Crippen LogP contribution in [0.2, 0.25) is 0 Å². The second-order valence-electron chi connectivity index (χ2n) is 6.11. The summed E-state index contributed by atoms with van der Waals surface area (Å²) >= 11 is 0. The van der Waals surface area contributed by atoms with Gasteiger partial charge in [0.05, 0.1) is 11.2 Å². The fourth-order valence-electron chi connectivity index (χ4n) is 2.39. The van der Waals surface area contributed by atoms with Gasteiger partial charge in [0.15, 0.2) is 0 Å². The minimum Gasteiger partial charge on any atom is -0.322 e. The van der Waals surface area contributed by atoms with Crippen LogP contribution in [0.1, 0.15) is 10.4 Å². The first-order chi connectivity index (χ1) is 14.1. The van der Waals surface area contributed by atoms with Crippen LogP contribution in [0.4, 0.5) is 17.3 Å². The summed E-state index contributed by atoms with van der Waals surface area (Å²) < 4.78 is 51.9. The number of carbonyl (C=O) groups excluding carboxylic acids is 1. The Labute approximate surface area is 173 Å². The standard InChI is InChI=1S/C18H17N5O5S2/c1-29(25,26)22-15-5-2-4-13(12-15)17(24)21-14-6-8-16(9-7-14)30(27,28)23-18-19-10-3-11-20-18/h2-12,22H,1H3,(H,21,24)(H,19,20,23). The van der Waals surface area contributed by atoms with Gasteiger partial charge in [0.1, 0.15) is 0 Å². The van der Waals surface area contributed by atoms with Crippen molar-refractivity contribution in [3.05, 3.63) is 72.6 Å². The predicted octanol–water partition coefficient (Wildman–Crippen LogP) is 1.90. The second kappa shape index (κ2) is 8.47. The number of carbonyl (C=O) groups is 1. The van der Waals surface area contributed by atoms with Crippen LogP contribution in [-0.4, -0.2) is 39.0 Å². The number of aromatic nitrogens is 2. The molecule has 0 aliphatic rings. The number of nitrogens with one attached hydrogen (secondary N) is 3. The average molecular weight is 447 g/mol. The molecule has 0 aliphatic heterocycles. The topological polar surface area (TPSA) is 147 Å². The minimum absolute atomic E-state index is 0.0349. The number of benzene rings is 2. The number of hydrogen-bond donors (Lipinski definition) is 3. The molecule has 0 saturated heterocycles. The van der Waals surface area contributed by atoms with E-state index in [0.29, 0.717) is 5.69 Å². The second-order valence-corrected chi connectivity index (χ2v) is 9.54. The highest BCUT2D eigenvalue weighted by molar-refractivity contribution is 7.92. The average Bonchev–Trinajstić information content (AvgIpc) is 2.68. The molecule has 1 aromatic heterocycles. The van der Waals surface area contributed by atoms with Gasteiger partial charge in [-0.05, 0) is 48.5 Å². The van der Waals surface area contributed by atoms with Gasteiger partial charge in [0.2, 0.25) is 16.0 Å². The predicted molar refractivity (Wildman–Crippen MR) is 112 cm³/mol. The van der Waals surface area contributed by atoms with Crippen LogP contribution >= 0.6 is 0 Å². The first-order valence-corrected chi connectivity index (χ1v) is 11.8. The van der Waals surface area contributed by atoms with Crippen LogP contribution in [-0.2, 0) is 20.0 Å². The van der Waals surface area contributed by atoms with E-state index < -0.39 is 26.0 Å². The zero-order valence-corrected chi connectivity index (χ0v) is 17.2. The highest BCUT2D eigenvalue weighted by atomic mass is 32.2. The lowest BCUT2D eigenvalue weighted by molar-refractivity contribution is 0.102. The van der Waals surface area contributed by atoms with E-state index in [1.165, 1.54) is 60.9 Å². The molecule has 1 heterocycles. The fourth-order valence-corrected chi connectivity index (χ4v) is 3.90. The molecule has 0 radical (unpaired) electrons. The number of rotatable bonds is 7. The Hall–Kier alpha value is -3.51. The molecule has 3 rings (SSSR count). The summed E-state index contributed by atoms with van der Waals surface area (Å²) in [6, 6.07) is 13.0. The van der Waals surface area contributed by atoms with Gasteiger partial charge in [-0.25, -0.2) is 31.5 Å². The van der Waals surface area contributed by atoms with E-state index in [2.05, 4.69) is 24.7 Å². The van der Waals surface area contributed by atoms with Gasteiger partial charge in [0, 0.05) is 29.3 Å². The molecule has 0 aliphatic carbocycles. The first-order valence-electron chi connectivity index (χ1n) is 8.41. The molecule has 0 spiro atoms. The van der Waals surface area contributed by atoms with Gasteiger partial charge in [-0.3, -0.25) is 9.52 Å². The Kier molecular flexibility index (Phi) is 5.99. The lowest BCUT2D eigenvalue weighted by Crippen LogP contribution is -2.16. The zero-order chi connectivity index (χ0) is 21.8. The molecular formula is C18H17N5O5S2. The third-order valence-corrected chi connectivity index (χ3v) is 5.59. The molecule has 3 aromatic rings. The molecule has 12 heteroatoms. The molecule has 0 bridgehead atoms. The van der Waals surface area contributed by atoms with E-state index in [1.807, 2.05) is 0 Å². The lowest BCUT2D eigenvalue weighted by atomic mass is 10.2. The number of amides is 1. The van der Waals surface area contributed by atoms with Crippen LogP contribution < -0.4 is 14.8 Å². The summed E-state index contributed by atoms with van der Waals surface area (Å²) in [5.74, 6) is -0.545. The first kappa shape index (κ1) is 21.2. The molecule has 3 N–H and O–H groups in total. The van der Waals surface area contributed by atoms with Crippen molar-refractivity contribution in [2.45, 2.75) is 4.90 Å². The summed E-state index contributed by atoms with van der Waals surface area (Å²) in [5, 5.41) is 2.62. The maximum absolute atomic E-state index is 12.4. The summed E-state index contributed by atoms with van der Waals surface area (Å²) in [7, 11) is -7.36. The van der Waals surface area contributed by atoms with Crippen molar-refractivity contribution in [2.24, 2.45) is 0 Å². The summed E-state index contributed by atoms with van der Waals surface area (Å²) in [5.41, 5.74) is 0.834. The minimum atomic E-state index is -3.89. The van der Waals surface area contributed by atoms with Crippen LogP contribution in [0.5, 0.6) is 0 Å². The molecular weight excluding hydrogens is 430 g/mol. The Balaban J connectivity index is 1.71. The summed E-state index contributed by atoms with van der Waals surface area (Å²) in [6.07, 6.45) is 3.82. The van der Waals surface area contributed by atoms with Gasteiger partial charge < -0.3 is 5.32 Å². The highest BCUT2D eigenvalue weighted by Gasteiger charge is 2.16. The summed E-state index contributed by atoms with van der Waals surface area (Å²) in [4.78, 5) is 20.0. The molecule has 0 unspecified atom stereocenters. The fraction of sp³-hybridized carbons (Fsp3) is 0.0556. The monoisotopic (exact) mass is 447 g/mol. The van der Waals surface area contributed by atoms with Crippen molar-refractivity contribution in [3.8, 4) is 0 Å². The Morgan fingerprint density at radius 1 is 0.833 bits per heavy atom. The van der Waals surface area contributed by atoms with Crippen molar-refractivity contribution >= 4 is 43.3 Å². The van der Waals surface area contributed by atoms with E-state index in [4.69, 9.17) is 0 Å². The molecule has 1 amide bonds. The van der Waals surface area contributed by atoms with Crippen LogP contribution in [0, 0.1) is 0 Å². The molecule has 0 fully saturated rings. The van der Waals surface area contributed by atoms with Crippen molar-refractivity contribution < 1.29 is 21.6 Å². The maximum Gasteiger partial charge on any atom is 0.264 e. The van der Waals surface area contributed by atoms with Crippen molar-refractivity contribution in [2.75, 3.05) is 21.0 Å². The number of hydrogen-bond acceptors (Lipinski definition) is 7. The Morgan fingerprint density at radius 2 is 1.50 bits per heavy atom. The van der Waals surface area contributed by atoms with Crippen LogP contribution in [0.15, 0.2) is 71.9 Å². The quantitative estimate of drug-likeness (QED) is 0.501. The largest absolute Gasteiger partial charge is 0.322 e. The number of sulfonamides is 2. The van der Waals surface area contributed by atoms with Gasteiger partial charge in [0.25, 0.3) is 15.9 Å². The van der Waals surface area contributed by atoms with E-state index in [1.54, 1.807) is 6.07 Å². The van der Waals surface area contributed by atoms with E-state index in [-0.39, 0.29) is 22.1 Å². The van der Waals surface area contributed by atoms with Crippen molar-refractivity contribution in [3.63, 3.8) is 0 Å². The molecule has 10 nitrogen and oxygen atoms in total.